The molecule has 1 spiro atoms. The molecule has 0 aromatic rings. The third-order valence-electron chi connectivity index (χ3n) is 2.64. The van der Waals surface area contributed by atoms with Gasteiger partial charge in [-0.15, -0.1) is 0 Å². The first kappa shape index (κ1) is 6.62. The van der Waals surface area contributed by atoms with Crippen molar-refractivity contribution >= 4 is 0 Å². The molecule has 0 aromatic carbocycles. The highest BCUT2D eigenvalue weighted by atomic mass is 16.5. The van der Waals surface area contributed by atoms with Crippen LogP contribution >= 0.6 is 0 Å². The van der Waals surface area contributed by atoms with Crippen LogP contribution in [0.3, 0.4) is 0 Å². The van der Waals surface area contributed by atoms with Crippen molar-refractivity contribution in [1.82, 2.24) is 5.32 Å². The van der Waals surface area contributed by atoms with E-state index in [2.05, 4.69) is 5.32 Å². The van der Waals surface area contributed by atoms with Crippen LogP contribution in [0.15, 0.2) is 0 Å². The highest BCUT2D eigenvalue weighted by Gasteiger charge is 2.35. The average Bonchev–Trinajstić information content (AvgIpc) is 2.39. The van der Waals surface area contributed by atoms with Crippen molar-refractivity contribution in [3.8, 4) is 0 Å². The summed E-state index contributed by atoms with van der Waals surface area (Å²) >= 11 is 0. The lowest BCUT2D eigenvalue weighted by Gasteiger charge is -2.32. The van der Waals surface area contributed by atoms with E-state index in [4.69, 9.17) is 4.74 Å². The average molecular weight is 141 g/mol. The van der Waals surface area contributed by atoms with Crippen molar-refractivity contribution < 1.29 is 4.74 Å². The van der Waals surface area contributed by atoms with Gasteiger partial charge in [0.05, 0.1) is 5.60 Å². The van der Waals surface area contributed by atoms with Crippen LogP contribution in [0.4, 0.5) is 0 Å². The number of ether oxygens (including phenoxy) is 1. The van der Waals surface area contributed by atoms with Gasteiger partial charge in [-0.2, -0.15) is 0 Å². The van der Waals surface area contributed by atoms with Crippen LogP contribution < -0.4 is 5.32 Å². The molecule has 0 aliphatic carbocycles. The van der Waals surface area contributed by atoms with Gasteiger partial charge in [-0.1, -0.05) is 0 Å². The number of hydrogen-bond acceptors (Lipinski definition) is 2. The molecule has 2 heterocycles. The predicted molar refractivity (Wildman–Crippen MR) is 40.0 cm³/mol. The minimum absolute atomic E-state index is 0.262. The van der Waals surface area contributed by atoms with Gasteiger partial charge in [-0.25, -0.2) is 0 Å². The summed E-state index contributed by atoms with van der Waals surface area (Å²) in [4.78, 5) is 0. The van der Waals surface area contributed by atoms with Crippen molar-refractivity contribution in [3.05, 3.63) is 0 Å². The lowest BCUT2D eigenvalue weighted by molar-refractivity contribution is -0.0633. The van der Waals surface area contributed by atoms with E-state index in [-0.39, 0.29) is 5.60 Å². The lowest BCUT2D eigenvalue weighted by atomic mass is 9.93. The quantitative estimate of drug-likeness (QED) is 0.541. The molecule has 0 radical (unpaired) electrons. The molecule has 0 amide bonds. The smallest absolute Gasteiger partial charge is 0.0818 e. The summed E-state index contributed by atoms with van der Waals surface area (Å²) in [6, 6.07) is 0. The third kappa shape index (κ3) is 1.06. The molecular weight excluding hydrogens is 126 g/mol. The minimum atomic E-state index is 0.262. The summed E-state index contributed by atoms with van der Waals surface area (Å²) in [6.45, 7) is 3.23. The molecule has 1 N–H and O–H groups in total. The second-order valence-corrected chi connectivity index (χ2v) is 3.42. The molecule has 2 heteroatoms. The molecule has 0 aromatic heterocycles. The van der Waals surface area contributed by atoms with Gasteiger partial charge >= 0.3 is 0 Å². The van der Waals surface area contributed by atoms with Crippen molar-refractivity contribution in [2.75, 3.05) is 19.7 Å². The van der Waals surface area contributed by atoms with E-state index in [1.165, 1.54) is 25.7 Å². The van der Waals surface area contributed by atoms with Crippen LogP contribution in [-0.4, -0.2) is 25.3 Å². The largest absolute Gasteiger partial charge is 0.374 e. The molecule has 10 heavy (non-hydrogen) atoms. The first-order valence-corrected chi connectivity index (χ1v) is 4.26. The van der Waals surface area contributed by atoms with Gasteiger partial charge < -0.3 is 10.1 Å². The Morgan fingerprint density at radius 1 is 1.20 bits per heavy atom. The van der Waals surface area contributed by atoms with Gasteiger partial charge in [0.25, 0.3) is 0 Å². The maximum Gasteiger partial charge on any atom is 0.0818 e. The molecule has 2 saturated heterocycles. The standard InChI is InChI=1S/C8H15NO/c1-2-6-10-8(3-1)4-5-9-7-8/h9H,1-7H2/t8-/m1/s1. The van der Waals surface area contributed by atoms with Crippen molar-refractivity contribution in [2.45, 2.75) is 31.3 Å². The van der Waals surface area contributed by atoms with Crippen LogP contribution in [-0.2, 0) is 4.74 Å². The summed E-state index contributed by atoms with van der Waals surface area (Å²) < 4.78 is 5.76. The molecular formula is C8H15NO. The van der Waals surface area contributed by atoms with Crippen molar-refractivity contribution in [3.63, 3.8) is 0 Å². The van der Waals surface area contributed by atoms with Crippen LogP contribution in [0.25, 0.3) is 0 Å². The summed E-state index contributed by atoms with van der Waals surface area (Å²) in [5, 5.41) is 3.36. The molecule has 1 atom stereocenters. The molecule has 58 valence electrons. The van der Waals surface area contributed by atoms with E-state index in [9.17, 15) is 0 Å². The Bertz CT molecular complexity index is 110. The third-order valence-corrected chi connectivity index (χ3v) is 2.64. The molecule has 0 saturated carbocycles. The summed E-state index contributed by atoms with van der Waals surface area (Å²) in [7, 11) is 0. The SMILES string of the molecule is C1CC[C@]2(CCNC2)OC1. The number of rotatable bonds is 0. The fraction of sp³-hybridized carbons (Fsp3) is 1.00. The van der Waals surface area contributed by atoms with E-state index in [1.54, 1.807) is 0 Å². The van der Waals surface area contributed by atoms with Crippen LogP contribution in [0.5, 0.6) is 0 Å². The van der Waals surface area contributed by atoms with E-state index in [0.29, 0.717) is 0 Å². The summed E-state index contributed by atoms with van der Waals surface area (Å²) in [5.74, 6) is 0. The molecule has 2 aliphatic rings. The Morgan fingerprint density at radius 2 is 2.20 bits per heavy atom. The zero-order valence-electron chi connectivity index (χ0n) is 6.36. The minimum Gasteiger partial charge on any atom is -0.374 e. The fourth-order valence-corrected chi connectivity index (χ4v) is 1.97. The Morgan fingerprint density at radius 3 is 2.80 bits per heavy atom. The molecule has 2 aliphatic heterocycles. The highest BCUT2D eigenvalue weighted by Crippen LogP contribution is 2.29. The number of nitrogens with one attached hydrogen (secondary N) is 1. The first-order chi connectivity index (χ1) is 4.91. The van der Waals surface area contributed by atoms with E-state index in [1.807, 2.05) is 0 Å². The van der Waals surface area contributed by atoms with E-state index >= 15 is 0 Å². The maximum absolute atomic E-state index is 5.76. The van der Waals surface area contributed by atoms with Crippen LogP contribution in [0.2, 0.25) is 0 Å². The number of hydrogen-bond donors (Lipinski definition) is 1. The zero-order valence-corrected chi connectivity index (χ0v) is 6.36. The molecule has 2 fully saturated rings. The molecule has 2 rings (SSSR count). The fourth-order valence-electron chi connectivity index (χ4n) is 1.97. The second-order valence-electron chi connectivity index (χ2n) is 3.42. The Hall–Kier alpha value is -0.0800. The van der Waals surface area contributed by atoms with E-state index < -0.39 is 0 Å². The van der Waals surface area contributed by atoms with E-state index in [0.717, 1.165) is 19.7 Å². The Labute approximate surface area is 61.9 Å². The van der Waals surface area contributed by atoms with Gasteiger partial charge in [0, 0.05) is 13.2 Å². The van der Waals surface area contributed by atoms with Gasteiger partial charge in [0.1, 0.15) is 0 Å². The van der Waals surface area contributed by atoms with Gasteiger partial charge in [-0.3, -0.25) is 0 Å². The second kappa shape index (κ2) is 2.51. The van der Waals surface area contributed by atoms with Gasteiger partial charge in [-0.05, 0) is 32.2 Å². The summed E-state index contributed by atoms with van der Waals surface area (Å²) in [5.41, 5.74) is 0.262. The topological polar surface area (TPSA) is 21.3 Å². The Balaban J connectivity index is 1.98. The lowest BCUT2D eigenvalue weighted by Crippen LogP contribution is -2.38. The summed E-state index contributed by atoms with van der Waals surface area (Å²) in [6.07, 6.45) is 5.14. The maximum atomic E-state index is 5.76. The van der Waals surface area contributed by atoms with Crippen molar-refractivity contribution in [1.29, 1.82) is 0 Å². The van der Waals surface area contributed by atoms with Crippen LogP contribution in [0, 0.1) is 0 Å². The highest BCUT2D eigenvalue weighted by molar-refractivity contribution is 4.91. The monoisotopic (exact) mass is 141 g/mol. The first-order valence-electron chi connectivity index (χ1n) is 4.26. The van der Waals surface area contributed by atoms with Gasteiger partial charge in [0.2, 0.25) is 0 Å². The van der Waals surface area contributed by atoms with Crippen LogP contribution in [0.1, 0.15) is 25.7 Å². The van der Waals surface area contributed by atoms with Crippen molar-refractivity contribution in [2.24, 2.45) is 0 Å². The molecule has 0 unspecified atom stereocenters. The Kier molecular flexibility index (Phi) is 1.66. The zero-order chi connectivity index (χ0) is 6.86. The molecule has 2 nitrogen and oxygen atoms in total. The normalized spacial score (nSPS) is 40.8. The molecule has 0 bridgehead atoms. The van der Waals surface area contributed by atoms with Gasteiger partial charge in [0.15, 0.2) is 0 Å². The predicted octanol–water partition coefficient (Wildman–Crippen LogP) is 0.919.